The van der Waals surface area contributed by atoms with Crippen LogP contribution < -0.4 is 11.1 Å². The highest BCUT2D eigenvalue weighted by Gasteiger charge is 2.28. The quantitative estimate of drug-likeness (QED) is 0.727. The minimum absolute atomic E-state index is 0.115. The lowest BCUT2D eigenvalue weighted by Crippen LogP contribution is -2.46. The fraction of sp³-hybridized carbons (Fsp3) is 0.917. The normalized spacial score (nSPS) is 23.7. The third kappa shape index (κ3) is 3.76. The van der Waals surface area contributed by atoms with E-state index in [1.165, 1.54) is 12.8 Å². The van der Waals surface area contributed by atoms with E-state index in [0.717, 1.165) is 6.54 Å². The molecule has 2 unspecified atom stereocenters. The lowest BCUT2D eigenvalue weighted by atomic mass is 10.1. The van der Waals surface area contributed by atoms with Gasteiger partial charge in [-0.2, -0.15) is 0 Å². The van der Waals surface area contributed by atoms with Gasteiger partial charge in [-0.25, -0.2) is 0 Å². The number of nitrogens with zero attached hydrogens (tertiary/aromatic N) is 1. The molecule has 1 rings (SSSR count). The first-order valence-electron chi connectivity index (χ1n) is 6.29. The van der Waals surface area contributed by atoms with Crippen molar-refractivity contribution < 1.29 is 4.79 Å². The van der Waals surface area contributed by atoms with Gasteiger partial charge in [-0.3, -0.25) is 9.69 Å². The first-order valence-corrected chi connectivity index (χ1v) is 6.29. The third-order valence-corrected chi connectivity index (χ3v) is 3.22. The average Bonchev–Trinajstić information content (AvgIpc) is 2.60. The van der Waals surface area contributed by atoms with Crippen LogP contribution in [0.2, 0.25) is 0 Å². The number of hydrogen-bond acceptors (Lipinski definition) is 3. The monoisotopic (exact) mass is 227 g/mol. The van der Waals surface area contributed by atoms with Gasteiger partial charge in [-0.15, -0.1) is 0 Å². The van der Waals surface area contributed by atoms with Crippen LogP contribution in [0.1, 0.15) is 40.0 Å². The Morgan fingerprint density at radius 2 is 2.25 bits per heavy atom. The highest BCUT2D eigenvalue weighted by molar-refractivity contribution is 5.76. The summed E-state index contributed by atoms with van der Waals surface area (Å²) in [7, 11) is 0. The Hall–Kier alpha value is -0.610. The van der Waals surface area contributed by atoms with Gasteiger partial charge >= 0.3 is 0 Å². The van der Waals surface area contributed by atoms with Crippen molar-refractivity contribution in [3.8, 4) is 0 Å². The Bertz CT molecular complexity index is 230. The predicted octanol–water partition coefficient (Wildman–Crippen LogP) is 0.713. The number of hydrogen-bond donors (Lipinski definition) is 2. The standard InChI is InChI=1S/C12H25N3O/c1-9(2)14-12(16)7-11(8-13)15-6-4-5-10(15)3/h9-11H,4-8,13H2,1-3H3,(H,14,16). The number of carbonyl (C=O) groups excluding carboxylic acids is 1. The maximum absolute atomic E-state index is 11.7. The van der Waals surface area contributed by atoms with Crippen molar-refractivity contribution in [3.63, 3.8) is 0 Å². The topological polar surface area (TPSA) is 58.4 Å². The van der Waals surface area contributed by atoms with Crippen molar-refractivity contribution >= 4 is 5.91 Å². The molecule has 3 N–H and O–H groups in total. The number of nitrogens with two attached hydrogens (primary N) is 1. The summed E-state index contributed by atoms with van der Waals surface area (Å²) in [5.41, 5.74) is 5.77. The van der Waals surface area contributed by atoms with E-state index in [0.29, 0.717) is 19.0 Å². The molecule has 1 aliphatic rings. The molecule has 1 aliphatic heterocycles. The number of nitrogens with one attached hydrogen (secondary N) is 1. The van der Waals surface area contributed by atoms with Crippen molar-refractivity contribution in [1.82, 2.24) is 10.2 Å². The van der Waals surface area contributed by atoms with Crippen LogP contribution in [0.3, 0.4) is 0 Å². The van der Waals surface area contributed by atoms with Gasteiger partial charge in [0.25, 0.3) is 0 Å². The van der Waals surface area contributed by atoms with Crippen molar-refractivity contribution in [3.05, 3.63) is 0 Å². The van der Waals surface area contributed by atoms with Crippen molar-refractivity contribution in [2.24, 2.45) is 5.73 Å². The summed E-state index contributed by atoms with van der Waals surface area (Å²) in [6.45, 7) is 7.82. The predicted molar refractivity (Wildman–Crippen MR) is 66.1 cm³/mol. The third-order valence-electron chi connectivity index (χ3n) is 3.22. The molecule has 0 bridgehead atoms. The highest BCUT2D eigenvalue weighted by atomic mass is 16.1. The van der Waals surface area contributed by atoms with E-state index in [1.54, 1.807) is 0 Å². The zero-order valence-electron chi connectivity index (χ0n) is 10.7. The van der Waals surface area contributed by atoms with E-state index in [9.17, 15) is 4.79 Å². The van der Waals surface area contributed by atoms with E-state index in [-0.39, 0.29) is 18.0 Å². The van der Waals surface area contributed by atoms with Gasteiger partial charge in [0.1, 0.15) is 0 Å². The van der Waals surface area contributed by atoms with Gasteiger partial charge in [0.2, 0.25) is 5.91 Å². The van der Waals surface area contributed by atoms with Crippen LogP contribution in [0.5, 0.6) is 0 Å². The summed E-state index contributed by atoms with van der Waals surface area (Å²) in [6, 6.07) is 0.985. The van der Waals surface area contributed by atoms with Gasteiger partial charge < -0.3 is 11.1 Å². The molecule has 0 aliphatic carbocycles. The molecule has 0 radical (unpaired) electrons. The Morgan fingerprint density at radius 3 is 2.69 bits per heavy atom. The van der Waals surface area contributed by atoms with Crippen molar-refractivity contribution in [2.45, 2.75) is 58.2 Å². The minimum atomic E-state index is 0.115. The van der Waals surface area contributed by atoms with E-state index in [1.807, 2.05) is 13.8 Å². The summed E-state index contributed by atoms with van der Waals surface area (Å²) in [5, 5.41) is 2.92. The molecule has 16 heavy (non-hydrogen) atoms. The number of rotatable bonds is 5. The fourth-order valence-electron chi connectivity index (χ4n) is 2.43. The summed E-state index contributed by atoms with van der Waals surface area (Å²) >= 11 is 0. The van der Waals surface area contributed by atoms with Crippen LogP contribution in [-0.4, -0.2) is 42.0 Å². The average molecular weight is 227 g/mol. The van der Waals surface area contributed by atoms with Gasteiger partial charge in [-0.1, -0.05) is 0 Å². The smallest absolute Gasteiger partial charge is 0.221 e. The molecular weight excluding hydrogens is 202 g/mol. The molecule has 0 aromatic heterocycles. The van der Waals surface area contributed by atoms with Crippen LogP contribution in [0.25, 0.3) is 0 Å². The molecule has 0 spiro atoms. The molecule has 1 heterocycles. The highest BCUT2D eigenvalue weighted by Crippen LogP contribution is 2.20. The maximum Gasteiger partial charge on any atom is 0.221 e. The minimum Gasteiger partial charge on any atom is -0.354 e. The van der Waals surface area contributed by atoms with Gasteiger partial charge in [0.05, 0.1) is 0 Å². The first-order chi connectivity index (χ1) is 7.54. The van der Waals surface area contributed by atoms with Crippen LogP contribution in [0, 0.1) is 0 Å². The second-order valence-corrected chi connectivity index (χ2v) is 5.04. The van der Waals surface area contributed by atoms with Crippen molar-refractivity contribution in [1.29, 1.82) is 0 Å². The van der Waals surface area contributed by atoms with Crippen molar-refractivity contribution in [2.75, 3.05) is 13.1 Å². The molecule has 1 amide bonds. The molecule has 1 saturated heterocycles. The molecule has 1 fully saturated rings. The van der Waals surface area contributed by atoms with E-state index in [2.05, 4.69) is 17.1 Å². The lowest BCUT2D eigenvalue weighted by molar-refractivity contribution is -0.122. The van der Waals surface area contributed by atoms with Crippen LogP contribution in [0.15, 0.2) is 0 Å². The van der Waals surface area contributed by atoms with E-state index >= 15 is 0 Å². The molecule has 0 aromatic rings. The van der Waals surface area contributed by atoms with Gasteiger partial charge in [0.15, 0.2) is 0 Å². The van der Waals surface area contributed by atoms with Crippen LogP contribution in [-0.2, 0) is 4.79 Å². The maximum atomic E-state index is 11.7. The Morgan fingerprint density at radius 1 is 1.56 bits per heavy atom. The van der Waals surface area contributed by atoms with Crippen LogP contribution in [0.4, 0.5) is 0 Å². The zero-order chi connectivity index (χ0) is 12.1. The Balaban J connectivity index is 2.45. The van der Waals surface area contributed by atoms with E-state index < -0.39 is 0 Å². The molecule has 2 atom stereocenters. The van der Waals surface area contributed by atoms with Gasteiger partial charge in [0, 0.05) is 31.1 Å². The fourth-order valence-corrected chi connectivity index (χ4v) is 2.43. The lowest BCUT2D eigenvalue weighted by Gasteiger charge is -2.30. The number of amides is 1. The van der Waals surface area contributed by atoms with Gasteiger partial charge in [-0.05, 0) is 40.2 Å². The molecule has 0 saturated carbocycles. The molecule has 4 nitrogen and oxygen atoms in total. The van der Waals surface area contributed by atoms with Crippen LogP contribution >= 0.6 is 0 Å². The second-order valence-electron chi connectivity index (χ2n) is 5.04. The second kappa shape index (κ2) is 6.21. The summed E-state index contributed by atoms with van der Waals surface area (Å²) in [4.78, 5) is 14.1. The molecular formula is C12H25N3O. The summed E-state index contributed by atoms with van der Waals surface area (Å²) in [5.74, 6) is 0.115. The Labute approximate surface area is 98.6 Å². The molecule has 94 valence electrons. The SMILES string of the molecule is CC(C)NC(=O)CC(CN)N1CCCC1C. The number of likely N-dealkylation sites (tertiary alicyclic amines) is 1. The Kier molecular flexibility index (Phi) is 5.22. The molecule has 0 aromatic carbocycles. The zero-order valence-corrected chi connectivity index (χ0v) is 10.7. The molecule has 4 heteroatoms. The first kappa shape index (κ1) is 13.5. The largest absolute Gasteiger partial charge is 0.354 e. The van der Waals surface area contributed by atoms with E-state index in [4.69, 9.17) is 5.73 Å². The summed E-state index contributed by atoms with van der Waals surface area (Å²) in [6.07, 6.45) is 2.98. The number of carbonyl (C=O) groups is 1. The summed E-state index contributed by atoms with van der Waals surface area (Å²) < 4.78 is 0.